The van der Waals surface area contributed by atoms with Crippen molar-refractivity contribution >= 4 is 17.5 Å². The normalized spacial score (nSPS) is 15.7. The summed E-state index contributed by atoms with van der Waals surface area (Å²) >= 11 is 0. The van der Waals surface area contributed by atoms with Crippen molar-refractivity contribution in [3.05, 3.63) is 83.2 Å². The first-order valence-corrected chi connectivity index (χ1v) is 11.5. The molecule has 2 aromatic carbocycles. The molecule has 2 amide bonds. The van der Waals surface area contributed by atoms with Gasteiger partial charge in [0, 0.05) is 29.9 Å². The van der Waals surface area contributed by atoms with E-state index in [1.807, 2.05) is 48.5 Å². The van der Waals surface area contributed by atoms with Crippen LogP contribution >= 0.6 is 0 Å². The first-order valence-electron chi connectivity index (χ1n) is 11.5. The van der Waals surface area contributed by atoms with Crippen LogP contribution in [0.25, 0.3) is 0 Å². The molecule has 6 heteroatoms. The second kappa shape index (κ2) is 9.56. The fourth-order valence-corrected chi connectivity index (χ4v) is 3.91. The maximum Gasteiger partial charge on any atom is 0.272 e. The zero-order valence-corrected chi connectivity index (χ0v) is 20.1. The zero-order chi connectivity index (χ0) is 24.3. The van der Waals surface area contributed by atoms with Gasteiger partial charge in [0.05, 0.1) is 6.54 Å². The van der Waals surface area contributed by atoms with Crippen LogP contribution in [0.3, 0.4) is 0 Å². The number of nitrogens with zero attached hydrogens (tertiary/aromatic N) is 3. The Morgan fingerprint density at radius 1 is 1.15 bits per heavy atom. The van der Waals surface area contributed by atoms with E-state index < -0.39 is 6.04 Å². The molecule has 1 N–H and O–H groups in total. The lowest BCUT2D eigenvalue weighted by Crippen LogP contribution is -2.46. The van der Waals surface area contributed by atoms with Crippen molar-refractivity contribution in [1.82, 2.24) is 15.1 Å². The minimum absolute atomic E-state index is 0.0992. The molecule has 1 atom stereocenters. The van der Waals surface area contributed by atoms with E-state index in [1.165, 1.54) is 0 Å². The lowest BCUT2D eigenvalue weighted by molar-refractivity contribution is -0.120. The Hall–Kier alpha value is -3.85. The van der Waals surface area contributed by atoms with E-state index >= 15 is 0 Å². The summed E-state index contributed by atoms with van der Waals surface area (Å²) in [6.07, 6.45) is 2.99. The third kappa shape index (κ3) is 5.55. The number of aryl methyl sites for hydroxylation is 1. The molecular weight excluding hydrogens is 424 g/mol. The maximum absolute atomic E-state index is 13.2. The highest BCUT2D eigenvalue weighted by atomic mass is 16.2. The molecule has 0 radical (unpaired) electrons. The van der Waals surface area contributed by atoms with E-state index in [4.69, 9.17) is 0 Å². The van der Waals surface area contributed by atoms with Gasteiger partial charge in [-0.3, -0.25) is 14.3 Å². The van der Waals surface area contributed by atoms with Crippen molar-refractivity contribution < 1.29 is 9.59 Å². The van der Waals surface area contributed by atoms with Gasteiger partial charge in [-0.2, -0.15) is 5.10 Å². The van der Waals surface area contributed by atoms with Gasteiger partial charge >= 0.3 is 0 Å². The summed E-state index contributed by atoms with van der Waals surface area (Å²) in [5, 5.41) is 7.29. The van der Waals surface area contributed by atoms with Gasteiger partial charge in [0.1, 0.15) is 11.7 Å². The topological polar surface area (TPSA) is 67.2 Å². The maximum atomic E-state index is 13.2. The first-order chi connectivity index (χ1) is 16.2. The van der Waals surface area contributed by atoms with Crippen LogP contribution in [0.4, 0.5) is 5.69 Å². The number of hydrogen-bond acceptors (Lipinski definition) is 3. The van der Waals surface area contributed by atoms with Gasteiger partial charge in [0.25, 0.3) is 5.91 Å². The summed E-state index contributed by atoms with van der Waals surface area (Å²) in [5.74, 6) is 5.96. The van der Waals surface area contributed by atoms with Crippen LogP contribution in [0.1, 0.15) is 54.4 Å². The fraction of sp³-hybridized carbons (Fsp3) is 0.321. The summed E-state index contributed by atoms with van der Waals surface area (Å²) in [6.45, 7) is 6.78. The number of nitrogens with one attached hydrogen (secondary N) is 1. The average molecular weight is 455 g/mol. The lowest BCUT2D eigenvalue weighted by Gasteiger charge is -2.22. The summed E-state index contributed by atoms with van der Waals surface area (Å²) in [4.78, 5) is 27.7. The molecule has 0 unspecified atom stereocenters. The lowest BCUT2D eigenvalue weighted by atomic mass is 9.97. The number of carbonyl (C=O) groups excluding carboxylic acids is 2. The number of amides is 2. The third-order valence-corrected chi connectivity index (χ3v) is 5.73. The Bertz CT molecular complexity index is 1260. The second-order valence-electron chi connectivity index (χ2n) is 9.69. The van der Waals surface area contributed by atoms with Crippen LogP contribution < -0.4 is 10.2 Å². The minimum Gasteiger partial charge on any atom is -0.339 e. The molecule has 3 aromatic rings. The SMILES string of the molecule is CN1C(=O)[C@@H](NC(=O)c2ccn(Cc3ccccc3)n2)CCc2ccc(C#CC(C)(C)C)cc21. The van der Waals surface area contributed by atoms with E-state index in [2.05, 4.69) is 43.0 Å². The van der Waals surface area contributed by atoms with Gasteiger partial charge < -0.3 is 10.2 Å². The molecule has 4 rings (SSSR count). The van der Waals surface area contributed by atoms with Crippen LogP contribution in [-0.4, -0.2) is 34.7 Å². The van der Waals surface area contributed by atoms with E-state index in [-0.39, 0.29) is 17.2 Å². The molecule has 1 aromatic heterocycles. The number of carbonyl (C=O) groups is 2. The van der Waals surface area contributed by atoms with E-state index in [9.17, 15) is 9.59 Å². The first kappa shape index (κ1) is 23.3. The number of aromatic nitrogens is 2. The fourth-order valence-electron chi connectivity index (χ4n) is 3.91. The summed E-state index contributed by atoms with van der Waals surface area (Å²) in [6, 6.07) is 17.0. The molecule has 0 aliphatic carbocycles. The van der Waals surface area contributed by atoms with Gasteiger partial charge in [-0.15, -0.1) is 0 Å². The van der Waals surface area contributed by atoms with Crippen LogP contribution in [-0.2, 0) is 17.8 Å². The highest BCUT2D eigenvalue weighted by molar-refractivity contribution is 6.02. The van der Waals surface area contributed by atoms with Crippen LogP contribution in [0.2, 0.25) is 0 Å². The zero-order valence-electron chi connectivity index (χ0n) is 20.1. The standard InChI is InChI=1S/C28H30N4O2/c1-28(2,3)16-14-20-10-11-22-12-13-24(27(34)31(4)25(22)18-20)29-26(33)23-15-17-32(30-23)19-21-8-6-5-7-9-21/h5-11,15,17-18,24H,12-13,19H2,1-4H3,(H,29,33)/t24-/m0/s1. The van der Waals surface area contributed by atoms with Crippen LogP contribution in [0.5, 0.6) is 0 Å². The van der Waals surface area contributed by atoms with E-state index in [1.54, 1.807) is 28.9 Å². The van der Waals surface area contributed by atoms with Crippen LogP contribution in [0.15, 0.2) is 60.8 Å². The largest absolute Gasteiger partial charge is 0.339 e. The van der Waals surface area contributed by atoms with Crippen molar-refractivity contribution in [3.63, 3.8) is 0 Å². The quantitative estimate of drug-likeness (QED) is 0.605. The molecule has 34 heavy (non-hydrogen) atoms. The van der Waals surface area contributed by atoms with Crippen molar-refractivity contribution in [2.24, 2.45) is 5.41 Å². The van der Waals surface area contributed by atoms with Crippen molar-refractivity contribution in [2.75, 3.05) is 11.9 Å². The molecule has 2 heterocycles. The molecule has 1 aliphatic rings. The van der Waals surface area contributed by atoms with Crippen LogP contribution in [0, 0.1) is 17.3 Å². The number of hydrogen-bond donors (Lipinski definition) is 1. The Labute approximate surface area is 201 Å². The number of likely N-dealkylation sites (N-methyl/N-ethyl adjacent to an activating group) is 1. The molecule has 0 saturated heterocycles. The molecule has 0 saturated carbocycles. The Balaban J connectivity index is 1.46. The van der Waals surface area contributed by atoms with Gasteiger partial charge in [-0.1, -0.05) is 48.2 Å². The van der Waals surface area contributed by atoms with Crippen molar-refractivity contribution in [1.29, 1.82) is 0 Å². The number of fused-ring (bicyclic) bond motifs is 1. The highest BCUT2D eigenvalue weighted by Gasteiger charge is 2.30. The predicted molar refractivity (Wildman–Crippen MR) is 134 cm³/mol. The van der Waals surface area contributed by atoms with Gasteiger partial charge in [0.15, 0.2) is 0 Å². The third-order valence-electron chi connectivity index (χ3n) is 5.73. The predicted octanol–water partition coefficient (Wildman–Crippen LogP) is 4.04. The Kier molecular flexibility index (Phi) is 6.56. The number of anilines is 1. The number of benzene rings is 2. The molecule has 0 spiro atoms. The average Bonchev–Trinajstić information content (AvgIpc) is 3.24. The molecule has 0 bridgehead atoms. The number of rotatable bonds is 4. The highest BCUT2D eigenvalue weighted by Crippen LogP contribution is 2.27. The minimum atomic E-state index is -0.617. The molecule has 174 valence electrons. The van der Waals surface area contributed by atoms with E-state index in [0.717, 1.165) is 22.4 Å². The smallest absolute Gasteiger partial charge is 0.272 e. The molecule has 0 fully saturated rings. The second-order valence-corrected chi connectivity index (χ2v) is 9.69. The summed E-state index contributed by atoms with van der Waals surface area (Å²) in [5.41, 5.74) is 4.09. The molecular formula is C28H30N4O2. The molecule has 6 nitrogen and oxygen atoms in total. The van der Waals surface area contributed by atoms with E-state index in [0.29, 0.717) is 25.1 Å². The summed E-state index contributed by atoms with van der Waals surface area (Å²) < 4.78 is 1.72. The van der Waals surface area contributed by atoms with Crippen molar-refractivity contribution in [3.8, 4) is 11.8 Å². The Morgan fingerprint density at radius 3 is 2.65 bits per heavy atom. The van der Waals surface area contributed by atoms with Gasteiger partial charge in [0.2, 0.25) is 5.91 Å². The molecule has 1 aliphatic heterocycles. The van der Waals surface area contributed by atoms with Gasteiger partial charge in [-0.05, 0) is 62.9 Å². The monoisotopic (exact) mass is 454 g/mol. The van der Waals surface area contributed by atoms with Gasteiger partial charge in [-0.25, -0.2) is 0 Å². The van der Waals surface area contributed by atoms with Crippen molar-refractivity contribution in [2.45, 2.75) is 46.2 Å². The Morgan fingerprint density at radius 2 is 1.91 bits per heavy atom. The summed E-state index contributed by atoms with van der Waals surface area (Å²) in [7, 11) is 1.75.